The van der Waals surface area contributed by atoms with Gasteiger partial charge in [-0.05, 0) is 49.2 Å². The smallest absolute Gasteiger partial charge is 0.150 e. The second kappa shape index (κ2) is 7.32. The van der Waals surface area contributed by atoms with Crippen LogP contribution in [-0.2, 0) is 0 Å². The van der Waals surface area contributed by atoms with Crippen molar-refractivity contribution in [3.8, 4) is 17.2 Å². The Balaban J connectivity index is 2.03. The first-order chi connectivity index (χ1) is 13.5. The minimum absolute atomic E-state index is 0.692. The van der Waals surface area contributed by atoms with Crippen molar-refractivity contribution in [3.63, 3.8) is 0 Å². The van der Waals surface area contributed by atoms with Gasteiger partial charge in [0.05, 0.1) is 32.7 Å². The van der Waals surface area contributed by atoms with E-state index in [1.54, 1.807) is 33.1 Å². The number of hydrogen-bond donors (Lipinski definition) is 0. The van der Waals surface area contributed by atoms with Crippen LogP contribution in [0.3, 0.4) is 0 Å². The van der Waals surface area contributed by atoms with Gasteiger partial charge in [0.1, 0.15) is 22.9 Å². The maximum absolute atomic E-state index is 5.75. The Kier molecular flexibility index (Phi) is 4.85. The van der Waals surface area contributed by atoms with Gasteiger partial charge in [-0.15, -0.1) is 0 Å². The molecule has 3 aromatic carbocycles. The third kappa shape index (κ3) is 3.06. The summed E-state index contributed by atoms with van der Waals surface area (Å²) in [4.78, 5) is 4.63. The quantitative estimate of drug-likeness (QED) is 0.408. The molecule has 1 aliphatic rings. The first-order valence-electron chi connectivity index (χ1n) is 9.05. The second-order valence-electron chi connectivity index (χ2n) is 6.76. The van der Waals surface area contributed by atoms with Crippen LogP contribution in [0.4, 0.5) is 17.1 Å². The zero-order valence-electron chi connectivity index (χ0n) is 16.7. The lowest BCUT2D eigenvalue weighted by Gasteiger charge is -2.35. The van der Waals surface area contributed by atoms with Crippen LogP contribution in [0.1, 0.15) is 11.1 Å². The number of nitrogens with zero attached hydrogens (tertiary/aromatic N) is 1. The Morgan fingerprint density at radius 1 is 0.679 bits per heavy atom. The molecule has 0 atom stereocenters. The van der Waals surface area contributed by atoms with Gasteiger partial charge in [-0.2, -0.15) is 0 Å². The fourth-order valence-electron chi connectivity index (χ4n) is 3.47. The van der Waals surface area contributed by atoms with Crippen molar-refractivity contribution in [1.29, 1.82) is 0 Å². The molecule has 0 saturated carbocycles. The van der Waals surface area contributed by atoms with Gasteiger partial charge >= 0.3 is 0 Å². The van der Waals surface area contributed by atoms with Gasteiger partial charge in [-0.25, -0.2) is 0 Å². The summed E-state index contributed by atoms with van der Waals surface area (Å²) in [6.45, 7) is 4.23. The van der Waals surface area contributed by atoms with Crippen LogP contribution < -0.4 is 19.1 Å². The van der Waals surface area contributed by atoms with E-state index in [-0.39, 0.29) is 0 Å². The monoisotopic (exact) mass is 393 g/mol. The Morgan fingerprint density at radius 2 is 1.18 bits per heavy atom. The third-order valence-electron chi connectivity index (χ3n) is 4.84. The van der Waals surface area contributed by atoms with Crippen molar-refractivity contribution < 1.29 is 14.2 Å². The molecule has 0 amide bonds. The van der Waals surface area contributed by atoms with E-state index in [9.17, 15) is 0 Å². The molecule has 0 bridgehead atoms. The number of methoxy groups -OCH3 is 3. The van der Waals surface area contributed by atoms with E-state index in [1.807, 2.05) is 12.1 Å². The fourth-order valence-corrected chi connectivity index (χ4v) is 4.73. The first-order valence-corrected chi connectivity index (χ1v) is 9.86. The minimum atomic E-state index is 0.692. The number of aryl methyl sites for hydroxylation is 2. The Morgan fingerprint density at radius 3 is 1.61 bits per heavy atom. The lowest BCUT2D eigenvalue weighted by Crippen LogP contribution is -2.17. The van der Waals surface area contributed by atoms with Crippen molar-refractivity contribution in [2.24, 2.45) is 0 Å². The largest absolute Gasteiger partial charge is 0.496 e. The van der Waals surface area contributed by atoms with Crippen LogP contribution in [0.2, 0.25) is 0 Å². The predicted octanol–water partition coefficient (Wildman–Crippen LogP) is 6.26. The van der Waals surface area contributed by atoms with Crippen molar-refractivity contribution in [1.82, 2.24) is 0 Å². The molecule has 4 rings (SSSR count). The molecule has 0 saturated heterocycles. The van der Waals surface area contributed by atoms with Gasteiger partial charge in [-0.1, -0.05) is 23.9 Å². The summed E-state index contributed by atoms with van der Waals surface area (Å²) in [6, 6.07) is 16.8. The number of benzene rings is 3. The number of rotatable bonds is 4. The fraction of sp³-hybridized carbons (Fsp3) is 0.217. The maximum Gasteiger partial charge on any atom is 0.150 e. The first kappa shape index (κ1) is 18.6. The predicted molar refractivity (Wildman–Crippen MR) is 114 cm³/mol. The lowest BCUT2D eigenvalue weighted by molar-refractivity contribution is 0.377. The van der Waals surface area contributed by atoms with E-state index in [4.69, 9.17) is 14.2 Å². The van der Waals surface area contributed by atoms with Gasteiger partial charge in [0.25, 0.3) is 0 Å². The van der Waals surface area contributed by atoms with Crippen LogP contribution in [0.5, 0.6) is 17.2 Å². The second-order valence-corrected chi connectivity index (χ2v) is 7.84. The van der Waals surface area contributed by atoms with E-state index in [2.05, 4.69) is 55.1 Å². The maximum atomic E-state index is 5.75. The van der Waals surface area contributed by atoms with E-state index >= 15 is 0 Å². The molecule has 144 valence electrons. The summed E-state index contributed by atoms with van der Waals surface area (Å²) in [5.74, 6) is 2.08. The molecule has 4 nitrogen and oxygen atoms in total. The topological polar surface area (TPSA) is 30.9 Å². The van der Waals surface area contributed by atoms with Crippen molar-refractivity contribution >= 4 is 28.8 Å². The molecule has 28 heavy (non-hydrogen) atoms. The highest BCUT2D eigenvalue weighted by atomic mass is 32.2. The molecule has 1 aliphatic heterocycles. The summed E-state index contributed by atoms with van der Waals surface area (Å²) < 4.78 is 16.9. The summed E-state index contributed by atoms with van der Waals surface area (Å²) in [7, 11) is 4.98. The van der Waals surface area contributed by atoms with Gasteiger partial charge in [0, 0.05) is 21.9 Å². The molecule has 1 heterocycles. The van der Waals surface area contributed by atoms with Crippen LogP contribution in [0, 0.1) is 13.8 Å². The molecule has 5 heteroatoms. The van der Waals surface area contributed by atoms with Crippen LogP contribution in [0.25, 0.3) is 0 Å². The Hall–Kier alpha value is -2.79. The average Bonchev–Trinajstić information content (AvgIpc) is 2.70. The zero-order valence-corrected chi connectivity index (χ0v) is 17.5. The molecule has 0 aliphatic carbocycles. The summed E-state index contributed by atoms with van der Waals surface area (Å²) in [5, 5.41) is 0. The molecular weight excluding hydrogens is 370 g/mol. The lowest BCUT2D eigenvalue weighted by atomic mass is 10.1. The zero-order chi connectivity index (χ0) is 19.8. The molecule has 0 radical (unpaired) electrons. The highest BCUT2D eigenvalue weighted by Gasteiger charge is 2.30. The molecule has 0 unspecified atom stereocenters. The van der Waals surface area contributed by atoms with Crippen molar-refractivity contribution in [3.05, 3.63) is 59.7 Å². The molecule has 0 spiro atoms. The average molecular weight is 394 g/mol. The SMILES string of the molecule is COc1cc(OC)c(N2c3ccc(C)cc3Sc3cc(C)ccc32)c(OC)c1. The van der Waals surface area contributed by atoms with Gasteiger partial charge in [0.15, 0.2) is 0 Å². The third-order valence-corrected chi connectivity index (χ3v) is 5.94. The van der Waals surface area contributed by atoms with Gasteiger partial charge < -0.3 is 19.1 Å². The normalized spacial score (nSPS) is 12.2. The molecular formula is C23H23NO3S. The van der Waals surface area contributed by atoms with Crippen molar-refractivity contribution in [2.45, 2.75) is 23.6 Å². The Labute approximate surface area is 170 Å². The minimum Gasteiger partial charge on any atom is -0.496 e. The Bertz CT molecular complexity index is 972. The highest BCUT2D eigenvalue weighted by molar-refractivity contribution is 7.99. The number of ether oxygens (including phenoxy) is 3. The highest BCUT2D eigenvalue weighted by Crippen LogP contribution is 2.56. The van der Waals surface area contributed by atoms with Crippen LogP contribution in [0.15, 0.2) is 58.3 Å². The molecule has 0 N–H and O–H groups in total. The van der Waals surface area contributed by atoms with E-state index in [0.29, 0.717) is 17.2 Å². The molecule has 0 fully saturated rings. The van der Waals surface area contributed by atoms with E-state index in [1.165, 1.54) is 20.9 Å². The molecule has 0 aromatic heterocycles. The van der Waals surface area contributed by atoms with Gasteiger partial charge in [0.2, 0.25) is 0 Å². The summed E-state index contributed by atoms with van der Waals surface area (Å²) in [6.07, 6.45) is 0. The van der Waals surface area contributed by atoms with Crippen LogP contribution in [-0.4, -0.2) is 21.3 Å². The number of fused-ring (bicyclic) bond motifs is 2. The summed E-state index contributed by atoms with van der Waals surface area (Å²) in [5.41, 5.74) is 5.54. The van der Waals surface area contributed by atoms with E-state index < -0.39 is 0 Å². The molecule has 3 aromatic rings. The van der Waals surface area contributed by atoms with Crippen molar-refractivity contribution in [2.75, 3.05) is 26.2 Å². The standard InChI is InChI=1S/C23H23NO3S/c1-14-6-8-17-21(10-14)28-22-11-15(2)7-9-18(22)24(17)23-19(26-4)12-16(25-3)13-20(23)27-5/h6-13H,1-5H3. The van der Waals surface area contributed by atoms with Crippen LogP contribution >= 0.6 is 11.8 Å². The summed E-state index contributed by atoms with van der Waals surface area (Å²) >= 11 is 1.80. The number of anilines is 3. The van der Waals surface area contributed by atoms with E-state index in [0.717, 1.165) is 17.1 Å². The number of hydrogen-bond acceptors (Lipinski definition) is 5. The van der Waals surface area contributed by atoms with Gasteiger partial charge in [-0.3, -0.25) is 0 Å².